The van der Waals surface area contributed by atoms with Crippen LogP contribution >= 0.6 is 0 Å². The summed E-state index contributed by atoms with van der Waals surface area (Å²) in [5.41, 5.74) is 1.48. The van der Waals surface area contributed by atoms with Crippen LogP contribution in [0.3, 0.4) is 0 Å². The molecule has 0 aromatic heterocycles. The molecule has 0 saturated carbocycles. The highest BCUT2D eigenvalue weighted by Gasteiger charge is 2.18. The summed E-state index contributed by atoms with van der Waals surface area (Å²) in [6.07, 6.45) is 0. The highest BCUT2D eigenvalue weighted by molar-refractivity contribution is 7.87. The van der Waals surface area contributed by atoms with Gasteiger partial charge in [-0.25, -0.2) is 0 Å². The van der Waals surface area contributed by atoms with Gasteiger partial charge in [0.1, 0.15) is 10.6 Å². The zero-order valence-corrected chi connectivity index (χ0v) is 13.5. The largest absolute Gasteiger partial charge is 0.379 e. The number of benzene rings is 2. The van der Waals surface area contributed by atoms with Gasteiger partial charge in [-0.1, -0.05) is 32.9 Å². The van der Waals surface area contributed by atoms with E-state index in [9.17, 15) is 8.42 Å². The van der Waals surface area contributed by atoms with Crippen LogP contribution in [0.15, 0.2) is 53.4 Å². The van der Waals surface area contributed by atoms with Crippen LogP contribution in [0.4, 0.5) is 0 Å². The molecule has 0 atom stereocenters. The number of rotatable bonds is 3. The van der Waals surface area contributed by atoms with Crippen molar-refractivity contribution in [2.75, 3.05) is 0 Å². The van der Waals surface area contributed by atoms with Crippen molar-refractivity contribution < 1.29 is 12.6 Å². The standard InChI is InChI=1S/C17H17NO3S/c1-17(2,3)14-6-8-15(9-7-14)21-22(19,20)16-10-4-13(12-18)5-11-16/h4-11H,1-3H3. The van der Waals surface area contributed by atoms with Crippen molar-refractivity contribution in [3.63, 3.8) is 0 Å². The molecule has 2 aromatic rings. The molecule has 0 heterocycles. The lowest BCUT2D eigenvalue weighted by atomic mass is 9.87. The molecule has 22 heavy (non-hydrogen) atoms. The van der Waals surface area contributed by atoms with Crippen LogP contribution in [0.2, 0.25) is 0 Å². The number of nitrogens with zero attached hydrogens (tertiary/aromatic N) is 1. The lowest BCUT2D eigenvalue weighted by molar-refractivity contribution is 0.485. The molecule has 0 fully saturated rings. The van der Waals surface area contributed by atoms with Gasteiger partial charge in [-0.3, -0.25) is 0 Å². The third kappa shape index (κ3) is 3.66. The van der Waals surface area contributed by atoms with Gasteiger partial charge < -0.3 is 4.18 Å². The van der Waals surface area contributed by atoms with Crippen molar-refractivity contribution in [2.24, 2.45) is 0 Å². The second kappa shape index (κ2) is 5.82. The molecule has 0 saturated heterocycles. The molecule has 2 rings (SSSR count). The monoisotopic (exact) mass is 315 g/mol. The molecule has 0 spiro atoms. The maximum absolute atomic E-state index is 12.2. The minimum absolute atomic E-state index is 0.00939. The maximum Gasteiger partial charge on any atom is 0.339 e. The molecular weight excluding hydrogens is 298 g/mol. The number of nitriles is 1. The highest BCUT2D eigenvalue weighted by atomic mass is 32.2. The Morgan fingerprint density at radius 2 is 1.50 bits per heavy atom. The fourth-order valence-corrected chi connectivity index (χ4v) is 2.81. The smallest absolute Gasteiger partial charge is 0.339 e. The Bertz CT molecular complexity index is 793. The van der Waals surface area contributed by atoms with Gasteiger partial charge in [0.25, 0.3) is 0 Å². The zero-order valence-electron chi connectivity index (χ0n) is 12.7. The summed E-state index contributed by atoms with van der Waals surface area (Å²) >= 11 is 0. The summed E-state index contributed by atoms with van der Waals surface area (Å²) in [4.78, 5) is 0.0198. The molecule has 0 bridgehead atoms. The van der Waals surface area contributed by atoms with E-state index in [2.05, 4.69) is 20.8 Å². The minimum Gasteiger partial charge on any atom is -0.379 e. The Labute approximate surface area is 131 Å². The lowest BCUT2D eigenvalue weighted by Crippen LogP contribution is -2.12. The van der Waals surface area contributed by atoms with Crippen molar-refractivity contribution in [1.82, 2.24) is 0 Å². The number of hydrogen-bond donors (Lipinski definition) is 0. The van der Waals surface area contributed by atoms with Crippen molar-refractivity contribution in [3.05, 3.63) is 59.7 Å². The third-order valence-corrected chi connectivity index (χ3v) is 4.46. The Kier molecular flexibility index (Phi) is 4.25. The van der Waals surface area contributed by atoms with Gasteiger partial charge in [0.2, 0.25) is 0 Å². The molecule has 0 unspecified atom stereocenters. The van der Waals surface area contributed by atoms with Crippen LogP contribution in [-0.2, 0) is 15.5 Å². The molecule has 4 nitrogen and oxygen atoms in total. The second-order valence-corrected chi connectivity index (χ2v) is 7.49. The van der Waals surface area contributed by atoms with E-state index in [-0.39, 0.29) is 16.1 Å². The normalized spacial score (nSPS) is 11.7. The van der Waals surface area contributed by atoms with Gasteiger partial charge >= 0.3 is 10.1 Å². The van der Waals surface area contributed by atoms with Crippen LogP contribution in [-0.4, -0.2) is 8.42 Å². The van der Waals surface area contributed by atoms with Gasteiger partial charge in [0, 0.05) is 0 Å². The van der Waals surface area contributed by atoms with E-state index in [4.69, 9.17) is 9.44 Å². The van der Waals surface area contributed by atoms with Crippen molar-refractivity contribution in [3.8, 4) is 11.8 Å². The summed E-state index contributed by atoms with van der Waals surface area (Å²) in [7, 11) is -3.90. The van der Waals surface area contributed by atoms with Crippen molar-refractivity contribution >= 4 is 10.1 Å². The number of hydrogen-bond acceptors (Lipinski definition) is 4. The summed E-state index contributed by atoms with van der Waals surface area (Å²) < 4.78 is 29.5. The van der Waals surface area contributed by atoms with Crippen LogP contribution in [0.25, 0.3) is 0 Å². The zero-order chi connectivity index (χ0) is 16.4. The molecule has 0 aliphatic rings. The molecule has 0 N–H and O–H groups in total. The second-order valence-electron chi connectivity index (χ2n) is 5.95. The first-order valence-corrected chi connectivity index (χ1v) is 8.18. The van der Waals surface area contributed by atoms with E-state index in [0.717, 1.165) is 5.56 Å². The van der Waals surface area contributed by atoms with E-state index < -0.39 is 10.1 Å². The molecule has 0 radical (unpaired) electrons. The average Bonchev–Trinajstić information content (AvgIpc) is 2.46. The van der Waals surface area contributed by atoms with Gasteiger partial charge in [0.15, 0.2) is 0 Å². The highest BCUT2D eigenvalue weighted by Crippen LogP contribution is 2.25. The Morgan fingerprint density at radius 3 is 1.95 bits per heavy atom. The average molecular weight is 315 g/mol. The van der Waals surface area contributed by atoms with Crippen LogP contribution in [0.1, 0.15) is 31.9 Å². The van der Waals surface area contributed by atoms with E-state index in [1.54, 1.807) is 12.1 Å². The van der Waals surface area contributed by atoms with E-state index in [0.29, 0.717) is 5.56 Å². The predicted octanol–water partition coefficient (Wildman–Crippen LogP) is 3.62. The Morgan fingerprint density at radius 1 is 0.955 bits per heavy atom. The lowest BCUT2D eigenvalue weighted by Gasteiger charge is -2.19. The topological polar surface area (TPSA) is 67.2 Å². The molecule has 0 aliphatic heterocycles. The Hall–Kier alpha value is -2.32. The molecular formula is C17H17NO3S. The van der Waals surface area contributed by atoms with Crippen LogP contribution < -0.4 is 4.18 Å². The quantitative estimate of drug-likeness (QED) is 0.811. The predicted molar refractivity (Wildman–Crippen MR) is 84.1 cm³/mol. The summed E-state index contributed by atoms with van der Waals surface area (Å²) in [6, 6.07) is 14.5. The summed E-state index contributed by atoms with van der Waals surface area (Å²) in [6.45, 7) is 6.24. The summed E-state index contributed by atoms with van der Waals surface area (Å²) in [5, 5.41) is 8.73. The van der Waals surface area contributed by atoms with E-state index in [1.165, 1.54) is 24.3 Å². The van der Waals surface area contributed by atoms with Crippen LogP contribution in [0, 0.1) is 11.3 Å². The van der Waals surface area contributed by atoms with Gasteiger partial charge in [-0.2, -0.15) is 13.7 Å². The van der Waals surface area contributed by atoms with Gasteiger partial charge in [-0.05, 0) is 47.4 Å². The maximum atomic E-state index is 12.2. The third-order valence-electron chi connectivity index (χ3n) is 3.20. The summed E-state index contributed by atoms with van der Waals surface area (Å²) in [5.74, 6) is 0.261. The van der Waals surface area contributed by atoms with E-state index in [1.807, 2.05) is 18.2 Å². The molecule has 114 valence electrons. The fraction of sp³-hybridized carbons (Fsp3) is 0.235. The van der Waals surface area contributed by atoms with Crippen LogP contribution in [0.5, 0.6) is 5.75 Å². The SMILES string of the molecule is CC(C)(C)c1ccc(OS(=O)(=O)c2ccc(C#N)cc2)cc1. The van der Waals surface area contributed by atoms with Gasteiger partial charge in [-0.15, -0.1) is 0 Å². The first-order chi connectivity index (χ1) is 10.2. The molecule has 0 amide bonds. The van der Waals surface area contributed by atoms with Crippen molar-refractivity contribution in [1.29, 1.82) is 5.26 Å². The van der Waals surface area contributed by atoms with E-state index >= 15 is 0 Å². The fourth-order valence-electron chi connectivity index (χ4n) is 1.88. The molecule has 0 aliphatic carbocycles. The van der Waals surface area contributed by atoms with Gasteiger partial charge in [0.05, 0.1) is 11.6 Å². The minimum atomic E-state index is -3.90. The molecule has 2 aromatic carbocycles. The first kappa shape index (κ1) is 16.1. The Balaban J connectivity index is 2.23. The molecule has 5 heteroatoms. The van der Waals surface area contributed by atoms with Crippen molar-refractivity contribution in [2.45, 2.75) is 31.1 Å². The first-order valence-electron chi connectivity index (χ1n) is 6.77.